The third-order valence-corrected chi connectivity index (χ3v) is 4.02. The van der Waals surface area contributed by atoms with Crippen LogP contribution in [0.5, 0.6) is 0 Å². The Bertz CT molecular complexity index is 923. The Morgan fingerprint density at radius 1 is 1.19 bits per heavy atom. The number of hydrogen-bond donors (Lipinski definition) is 1. The predicted octanol–water partition coefficient (Wildman–Crippen LogP) is 2.71. The zero-order chi connectivity index (χ0) is 18.7. The van der Waals surface area contributed by atoms with Crippen LogP contribution in [0, 0.1) is 0 Å². The lowest BCUT2D eigenvalue weighted by atomic mass is 10.0. The average Bonchev–Trinajstić information content (AvgIpc) is 3.03. The van der Waals surface area contributed by atoms with Gasteiger partial charge in [-0.3, -0.25) is 4.79 Å². The van der Waals surface area contributed by atoms with Gasteiger partial charge in [0.25, 0.3) is 0 Å². The number of carbonyl (C=O) groups excluding carboxylic acids is 1. The number of halogens is 1. The molecule has 26 heavy (non-hydrogen) atoms. The number of aliphatic hydroxyl groups is 1. The zero-order valence-corrected chi connectivity index (χ0v) is 15.3. The van der Waals surface area contributed by atoms with Gasteiger partial charge < -0.3 is 10.0 Å². The summed E-state index contributed by atoms with van der Waals surface area (Å²) in [6, 6.07) is 14.1. The van der Waals surface area contributed by atoms with Crippen LogP contribution in [0.3, 0.4) is 0 Å². The number of aromatic nitrogens is 3. The largest absolute Gasteiger partial charge is 0.388 e. The Balaban J connectivity index is 2.15. The highest BCUT2D eigenvalue weighted by molar-refractivity contribution is 6.31. The first-order valence-electron chi connectivity index (χ1n) is 8.09. The zero-order valence-electron chi connectivity index (χ0n) is 14.6. The topological polar surface area (TPSA) is 71.2 Å². The van der Waals surface area contributed by atoms with Crippen molar-refractivity contribution in [1.82, 2.24) is 19.7 Å². The second-order valence-electron chi connectivity index (χ2n) is 6.11. The molecule has 1 N–H and O–H groups in total. The molecule has 0 aliphatic rings. The molecule has 0 fully saturated rings. The predicted molar refractivity (Wildman–Crippen MR) is 99.6 cm³/mol. The maximum atomic E-state index is 13.0. The van der Waals surface area contributed by atoms with Gasteiger partial charge in [-0.25, -0.2) is 9.67 Å². The molecule has 134 valence electrons. The number of nitrogens with zero attached hydrogens (tertiary/aromatic N) is 4. The van der Waals surface area contributed by atoms with Crippen molar-refractivity contribution in [3.05, 3.63) is 76.3 Å². The molecule has 0 amide bonds. The molecule has 1 heterocycles. The number of rotatable bonds is 6. The number of hydrogen-bond acceptors (Lipinski definition) is 5. The third kappa shape index (κ3) is 3.83. The van der Waals surface area contributed by atoms with Crippen molar-refractivity contribution in [2.24, 2.45) is 0 Å². The van der Waals surface area contributed by atoms with E-state index in [4.69, 9.17) is 11.6 Å². The molecule has 0 spiro atoms. The van der Waals surface area contributed by atoms with E-state index in [2.05, 4.69) is 10.1 Å². The Morgan fingerprint density at radius 2 is 1.92 bits per heavy atom. The van der Waals surface area contributed by atoms with Crippen LogP contribution in [0.25, 0.3) is 5.69 Å². The van der Waals surface area contributed by atoms with Crippen molar-refractivity contribution in [2.45, 2.75) is 13.2 Å². The van der Waals surface area contributed by atoms with Gasteiger partial charge in [0.2, 0.25) is 0 Å². The highest BCUT2D eigenvalue weighted by Crippen LogP contribution is 2.24. The lowest BCUT2D eigenvalue weighted by Gasteiger charge is -2.14. The van der Waals surface area contributed by atoms with Gasteiger partial charge in [0.05, 0.1) is 12.2 Å². The average molecular weight is 371 g/mol. The lowest BCUT2D eigenvalue weighted by Crippen LogP contribution is -2.17. The molecule has 0 saturated carbocycles. The summed E-state index contributed by atoms with van der Waals surface area (Å²) in [5, 5.41) is 14.2. The van der Waals surface area contributed by atoms with Crippen molar-refractivity contribution in [2.75, 3.05) is 14.1 Å². The standard InChI is InChI=1S/C19H19ClN4O2/c1-23(2)11-18-21-17(12-25)22-24(18)16-9-8-14(20)10-15(16)19(26)13-6-4-3-5-7-13/h3-10,25H,11-12H2,1-2H3. The van der Waals surface area contributed by atoms with E-state index >= 15 is 0 Å². The molecule has 0 unspecified atom stereocenters. The van der Waals surface area contributed by atoms with Crippen LogP contribution in [0.2, 0.25) is 5.02 Å². The van der Waals surface area contributed by atoms with Crippen molar-refractivity contribution < 1.29 is 9.90 Å². The molecule has 0 atom stereocenters. The molecule has 0 aliphatic carbocycles. The highest BCUT2D eigenvalue weighted by atomic mass is 35.5. The fourth-order valence-electron chi connectivity index (χ4n) is 2.66. The minimum atomic E-state index is -0.275. The first-order chi connectivity index (χ1) is 12.5. The van der Waals surface area contributed by atoms with E-state index in [0.717, 1.165) is 0 Å². The summed E-state index contributed by atoms with van der Waals surface area (Å²) in [7, 11) is 3.82. The molecule has 2 aromatic carbocycles. The molecule has 0 aliphatic heterocycles. The maximum absolute atomic E-state index is 13.0. The van der Waals surface area contributed by atoms with Crippen molar-refractivity contribution in [3.63, 3.8) is 0 Å². The normalized spacial score (nSPS) is 11.1. The maximum Gasteiger partial charge on any atom is 0.195 e. The van der Waals surface area contributed by atoms with Crippen molar-refractivity contribution in [1.29, 1.82) is 0 Å². The summed E-state index contributed by atoms with van der Waals surface area (Å²) in [5.74, 6) is 0.776. The van der Waals surface area contributed by atoms with E-state index in [-0.39, 0.29) is 12.4 Å². The molecule has 7 heteroatoms. The van der Waals surface area contributed by atoms with Crippen LogP contribution >= 0.6 is 11.6 Å². The van der Waals surface area contributed by atoms with Crippen LogP contribution in [-0.4, -0.2) is 44.6 Å². The molecule has 3 rings (SSSR count). The van der Waals surface area contributed by atoms with E-state index < -0.39 is 0 Å². The van der Waals surface area contributed by atoms with E-state index in [0.29, 0.717) is 40.0 Å². The number of ketones is 1. The van der Waals surface area contributed by atoms with E-state index in [9.17, 15) is 9.90 Å². The first kappa shape index (κ1) is 18.3. The second kappa shape index (κ2) is 7.78. The van der Waals surface area contributed by atoms with Crippen LogP contribution in [0.4, 0.5) is 0 Å². The molecular formula is C19H19ClN4O2. The van der Waals surface area contributed by atoms with Gasteiger partial charge in [0.1, 0.15) is 12.4 Å². The van der Waals surface area contributed by atoms with Gasteiger partial charge >= 0.3 is 0 Å². The van der Waals surface area contributed by atoms with Gasteiger partial charge in [-0.1, -0.05) is 41.9 Å². The summed E-state index contributed by atoms with van der Waals surface area (Å²) in [5.41, 5.74) is 1.57. The van der Waals surface area contributed by atoms with Crippen molar-refractivity contribution in [3.8, 4) is 5.69 Å². The van der Waals surface area contributed by atoms with Gasteiger partial charge in [-0.2, -0.15) is 0 Å². The smallest absolute Gasteiger partial charge is 0.195 e. The SMILES string of the molecule is CN(C)Cc1nc(CO)nn1-c1ccc(Cl)cc1C(=O)c1ccccc1. The van der Waals surface area contributed by atoms with E-state index in [1.165, 1.54) is 0 Å². The van der Waals surface area contributed by atoms with Crippen LogP contribution in [-0.2, 0) is 13.2 Å². The fraction of sp³-hybridized carbons (Fsp3) is 0.211. The molecule has 0 saturated heterocycles. The minimum Gasteiger partial charge on any atom is -0.388 e. The van der Waals surface area contributed by atoms with E-state index in [1.54, 1.807) is 35.0 Å². The summed E-state index contributed by atoms with van der Waals surface area (Å²) in [4.78, 5) is 19.3. The van der Waals surface area contributed by atoms with Gasteiger partial charge in [0, 0.05) is 16.1 Å². The summed E-state index contributed by atoms with van der Waals surface area (Å²) >= 11 is 6.15. The number of aliphatic hydroxyl groups excluding tert-OH is 1. The Kier molecular flexibility index (Phi) is 5.46. The van der Waals surface area contributed by atoms with Crippen LogP contribution < -0.4 is 0 Å². The Morgan fingerprint density at radius 3 is 2.58 bits per heavy atom. The van der Waals surface area contributed by atoms with E-state index in [1.807, 2.05) is 37.2 Å². The summed E-state index contributed by atoms with van der Waals surface area (Å²) in [6.07, 6.45) is 0. The monoisotopic (exact) mass is 370 g/mol. The quantitative estimate of drug-likeness (QED) is 0.675. The lowest BCUT2D eigenvalue weighted by molar-refractivity contribution is 0.103. The number of benzene rings is 2. The van der Waals surface area contributed by atoms with Gasteiger partial charge in [0.15, 0.2) is 11.6 Å². The minimum absolute atomic E-state index is 0.153. The summed E-state index contributed by atoms with van der Waals surface area (Å²) in [6.45, 7) is 0.234. The molecular weight excluding hydrogens is 352 g/mol. The summed E-state index contributed by atoms with van der Waals surface area (Å²) < 4.78 is 1.60. The molecule has 3 aromatic rings. The molecule has 0 bridgehead atoms. The van der Waals surface area contributed by atoms with Gasteiger partial charge in [-0.05, 0) is 32.3 Å². The first-order valence-corrected chi connectivity index (χ1v) is 8.47. The Labute approximate surface area is 156 Å². The van der Waals surface area contributed by atoms with Crippen LogP contribution in [0.1, 0.15) is 27.6 Å². The second-order valence-corrected chi connectivity index (χ2v) is 6.55. The van der Waals surface area contributed by atoms with Crippen LogP contribution in [0.15, 0.2) is 48.5 Å². The molecule has 0 radical (unpaired) electrons. The fourth-order valence-corrected chi connectivity index (χ4v) is 2.83. The van der Waals surface area contributed by atoms with Gasteiger partial charge in [-0.15, -0.1) is 5.10 Å². The highest BCUT2D eigenvalue weighted by Gasteiger charge is 2.20. The van der Waals surface area contributed by atoms with Crippen molar-refractivity contribution >= 4 is 17.4 Å². The molecule has 6 nitrogen and oxygen atoms in total. The molecule has 1 aromatic heterocycles. The Hall–Kier alpha value is -2.54. The number of carbonyl (C=O) groups is 1. The third-order valence-electron chi connectivity index (χ3n) is 3.78.